The summed E-state index contributed by atoms with van der Waals surface area (Å²) in [6, 6.07) is 2.90. The lowest BCUT2D eigenvalue weighted by molar-refractivity contribution is 0.252. The van der Waals surface area contributed by atoms with Crippen LogP contribution in [0.3, 0.4) is 0 Å². The average molecular weight is 281 g/mol. The Bertz CT molecular complexity index is 584. The van der Waals surface area contributed by atoms with Crippen molar-refractivity contribution >= 4 is 0 Å². The van der Waals surface area contributed by atoms with Crippen molar-refractivity contribution < 1.29 is 13.3 Å². The van der Waals surface area contributed by atoms with Crippen LogP contribution in [0.4, 0.5) is 8.78 Å². The molecule has 4 nitrogen and oxygen atoms in total. The minimum atomic E-state index is -0.630. The Kier molecular flexibility index (Phi) is 3.85. The van der Waals surface area contributed by atoms with Crippen molar-refractivity contribution in [3.05, 3.63) is 47.1 Å². The molecule has 0 fully saturated rings. The smallest absolute Gasteiger partial charge is 0.244 e. The number of halogens is 2. The fourth-order valence-electron chi connectivity index (χ4n) is 1.73. The summed E-state index contributed by atoms with van der Waals surface area (Å²) in [5.41, 5.74) is 6.24. The van der Waals surface area contributed by atoms with Crippen molar-refractivity contribution in [3.8, 4) is 0 Å². The molecule has 0 saturated heterocycles. The first kappa shape index (κ1) is 14.6. The molecule has 108 valence electrons. The lowest BCUT2D eigenvalue weighted by Gasteiger charge is -2.23. The molecule has 2 N–H and O–H groups in total. The van der Waals surface area contributed by atoms with Gasteiger partial charge in [-0.3, -0.25) is 0 Å². The van der Waals surface area contributed by atoms with Crippen molar-refractivity contribution in [2.24, 2.45) is 11.1 Å². The second-order valence-corrected chi connectivity index (χ2v) is 5.85. The topological polar surface area (TPSA) is 64.9 Å². The molecular weight excluding hydrogens is 264 g/mol. The molecule has 1 atom stereocenters. The number of hydrogen-bond donors (Lipinski definition) is 1. The molecule has 2 aromatic rings. The summed E-state index contributed by atoms with van der Waals surface area (Å²) in [7, 11) is 0. The quantitative estimate of drug-likeness (QED) is 0.939. The van der Waals surface area contributed by atoms with Crippen LogP contribution in [0.15, 0.2) is 22.7 Å². The minimum Gasteiger partial charge on any atom is -0.338 e. The number of rotatable bonds is 3. The first-order valence-corrected chi connectivity index (χ1v) is 6.29. The van der Waals surface area contributed by atoms with Gasteiger partial charge in [-0.2, -0.15) is 4.98 Å². The van der Waals surface area contributed by atoms with E-state index in [0.717, 1.165) is 6.07 Å². The highest BCUT2D eigenvalue weighted by atomic mass is 19.1. The summed E-state index contributed by atoms with van der Waals surface area (Å²) in [6.45, 7) is 5.89. The lowest BCUT2D eigenvalue weighted by Crippen LogP contribution is -2.26. The maximum atomic E-state index is 13.1. The predicted octanol–water partition coefficient (Wildman–Crippen LogP) is 2.98. The Labute approximate surface area is 116 Å². The van der Waals surface area contributed by atoms with Gasteiger partial charge in [0.05, 0.1) is 6.04 Å². The van der Waals surface area contributed by atoms with Gasteiger partial charge in [-0.15, -0.1) is 0 Å². The summed E-state index contributed by atoms with van der Waals surface area (Å²) in [5.74, 6) is -0.584. The van der Waals surface area contributed by atoms with Crippen LogP contribution in [0.2, 0.25) is 0 Å². The third kappa shape index (κ3) is 3.39. The summed E-state index contributed by atoms with van der Waals surface area (Å²) < 4.78 is 31.3. The molecule has 0 amide bonds. The maximum Gasteiger partial charge on any atom is 0.244 e. The Balaban J connectivity index is 2.17. The van der Waals surface area contributed by atoms with Gasteiger partial charge in [-0.25, -0.2) is 8.78 Å². The van der Waals surface area contributed by atoms with Crippen molar-refractivity contribution in [2.75, 3.05) is 0 Å². The molecule has 1 aromatic heterocycles. The molecule has 6 heteroatoms. The summed E-state index contributed by atoms with van der Waals surface area (Å²) in [4.78, 5) is 4.18. The monoisotopic (exact) mass is 281 g/mol. The zero-order chi connectivity index (χ0) is 14.9. The van der Waals surface area contributed by atoms with E-state index < -0.39 is 17.7 Å². The molecule has 1 aromatic carbocycles. The summed E-state index contributed by atoms with van der Waals surface area (Å²) in [6.07, 6.45) is 0.190. The van der Waals surface area contributed by atoms with Crippen LogP contribution in [0.25, 0.3) is 0 Å². The Hall–Kier alpha value is -1.82. The van der Waals surface area contributed by atoms with Gasteiger partial charge >= 0.3 is 0 Å². The van der Waals surface area contributed by atoms with Crippen LogP contribution in [-0.2, 0) is 6.42 Å². The fourth-order valence-corrected chi connectivity index (χ4v) is 1.73. The maximum absolute atomic E-state index is 13.1. The highest BCUT2D eigenvalue weighted by Gasteiger charge is 2.27. The van der Waals surface area contributed by atoms with Gasteiger partial charge in [-0.1, -0.05) is 25.9 Å². The zero-order valence-corrected chi connectivity index (χ0v) is 11.7. The molecule has 20 heavy (non-hydrogen) atoms. The Morgan fingerprint density at radius 1 is 1.20 bits per heavy atom. The molecule has 1 heterocycles. The second-order valence-electron chi connectivity index (χ2n) is 5.85. The number of nitrogens with two attached hydrogens (primary N) is 1. The van der Waals surface area contributed by atoms with Crippen molar-refractivity contribution in [2.45, 2.75) is 33.2 Å². The molecule has 0 unspecified atom stereocenters. The molecule has 2 rings (SSSR count). The van der Waals surface area contributed by atoms with Gasteiger partial charge in [0.1, 0.15) is 11.6 Å². The Morgan fingerprint density at radius 3 is 2.35 bits per heavy atom. The van der Waals surface area contributed by atoms with Gasteiger partial charge in [0.2, 0.25) is 5.89 Å². The third-order valence-corrected chi connectivity index (χ3v) is 2.97. The van der Waals surface area contributed by atoms with Crippen molar-refractivity contribution in [1.29, 1.82) is 0 Å². The first-order chi connectivity index (χ1) is 9.25. The minimum absolute atomic E-state index is 0.190. The molecule has 0 saturated carbocycles. The largest absolute Gasteiger partial charge is 0.338 e. The van der Waals surface area contributed by atoms with E-state index in [9.17, 15) is 8.78 Å². The number of nitrogens with zero attached hydrogens (tertiary/aromatic N) is 2. The predicted molar refractivity (Wildman–Crippen MR) is 69.8 cm³/mol. The molecule has 0 spiro atoms. The van der Waals surface area contributed by atoms with Gasteiger partial charge in [-0.05, 0) is 23.1 Å². The zero-order valence-electron chi connectivity index (χ0n) is 11.7. The van der Waals surface area contributed by atoms with E-state index in [0.29, 0.717) is 17.3 Å². The fraction of sp³-hybridized carbons (Fsp3) is 0.429. The average Bonchev–Trinajstić information content (AvgIpc) is 2.73. The van der Waals surface area contributed by atoms with Gasteiger partial charge in [0.25, 0.3) is 0 Å². The highest BCUT2D eigenvalue weighted by Crippen LogP contribution is 2.29. The SMILES string of the molecule is CC(C)(C)[C@H](N)c1nc(Cc2cc(F)cc(F)c2)no1. The second kappa shape index (κ2) is 5.28. The normalized spacial score (nSPS) is 13.5. The third-order valence-electron chi connectivity index (χ3n) is 2.97. The number of hydrogen-bond acceptors (Lipinski definition) is 4. The molecule has 0 aliphatic rings. The van der Waals surface area contributed by atoms with Crippen LogP contribution >= 0.6 is 0 Å². The van der Waals surface area contributed by atoms with E-state index in [-0.39, 0.29) is 11.8 Å². The van der Waals surface area contributed by atoms with Crippen LogP contribution in [0.5, 0.6) is 0 Å². The van der Waals surface area contributed by atoms with Gasteiger partial charge < -0.3 is 10.3 Å². The Morgan fingerprint density at radius 2 is 1.80 bits per heavy atom. The summed E-state index contributed by atoms with van der Waals surface area (Å²) in [5, 5.41) is 3.79. The van der Waals surface area contributed by atoms with Crippen molar-refractivity contribution in [1.82, 2.24) is 10.1 Å². The highest BCUT2D eigenvalue weighted by molar-refractivity contribution is 5.21. The van der Waals surface area contributed by atoms with E-state index in [1.807, 2.05) is 20.8 Å². The van der Waals surface area contributed by atoms with Crippen LogP contribution in [-0.4, -0.2) is 10.1 Å². The first-order valence-electron chi connectivity index (χ1n) is 6.29. The van der Waals surface area contributed by atoms with E-state index in [4.69, 9.17) is 10.3 Å². The van der Waals surface area contributed by atoms with Crippen LogP contribution < -0.4 is 5.73 Å². The molecule has 0 aliphatic heterocycles. The van der Waals surface area contributed by atoms with Crippen LogP contribution in [0, 0.1) is 17.0 Å². The van der Waals surface area contributed by atoms with Gasteiger partial charge in [0, 0.05) is 12.5 Å². The standard InChI is InChI=1S/C14H17F2N3O/c1-14(2,3)12(17)13-18-11(19-20-13)6-8-4-9(15)7-10(16)5-8/h4-5,7,12H,6,17H2,1-3H3/t12-/m1/s1. The van der Waals surface area contributed by atoms with E-state index >= 15 is 0 Å². The molecular formula is C14H17F2N3O. The molecule has 0 aliphatic carbocycles. The number of benzene rings is 1. The van der Waals surface area contributed by atoms with Crippen LogP contribution in [0.1, 0.15) is 44.1 Å². The lowest BCUT2D eigenvalue weighted by atomic mass is 9.87. The van der Waals surface area contributed by atoms with Gasteiger partial charge in [0.15, 0.2) is 5.82 Å². The van der Waals surface area contributed by atoms with E-state index in [1.54, 1.807) is 0 Å². The van der Waals surface area contributed by atoms with Crippen molar-refractivity contribution in [3.63, 3.8) is 0 Å². The van der Waals surface area contributed by atoms with E-state index in [2.05, 4.69) is 10.1 Å². The summed E-state index contributed by atoms with van der Waals surface area (Å²) >= 11 is 0. The molecule has 0 bridgehead atoms. The van der Waals surface area contributed by atoms with E-state index in [1.165, 1.54) is 12.1 Å². The number of aromatic nitrogens is 2. The molecule has 0 radical (unpaired) electrons.